The zero-order valence-corrected chi connectivity index (χ0v) is 16.5. The van der Waals surface area contributed by atoms with E-state index in [2.05, 4.69) is 20.3 Å². The van der Waals surface area contributed by atoms with Gasteiger partial charge in [0.1, 0.15) is 17.6 Å². The summed E-state index contributed by atoms with van der Waals surface area (Å²) in [5.74, 6) is 2.00. The molecule has 3 heterocycles. The van der Waals surface area contributed by atoms with Gasteiger partial charge in [-0.3, -0.25) is 9.97 Å². The highest BCUT2D eigenvalue weighted by molar-refractivity contribution is 5.61. The highest BCUT2D eigenvalue weighted by Crippen LogP contribution is 2.33. The van der Waals surface area contributed by atoms with Crippen LogP contribution in [0.25, 0.3) is 11.3 Å². The van der Waals surface area contributed by atoms with Crippen LogP contribution in [0.2, 0.25) is 0 Å². The molecule has 0 bridgehead atoms. The SMILES string of the molecule is COc1cc(CNc2ncc(-c3cnccn3)c(C3CCCO3)n2)cc(OC)c1. The lowest BCUT2D eigenvalue weighted by atomic mass is 10.1. The van der Waals surface area contributed by atoms with E-state index in [9.17, 15) is 0 Å². The average molecular weight is 393 g/mol. The van der Waals surface area contributed by atoms with Gasteiger partial charge in [-0.2, -0.15) is 0 Å². The third kappa shape index (κ3) is 4.43. The zero-order valence-electron chi connectivity index (χ0n) is 16.5. The van der Waals surface area contributed by atoms with E-state index in [1.54, 1.807) is 39.0 Å². The van der Waals surface area contributed by atoms with Gasteiger partial charge in [0, 0.05) is 43.4 Å². The lowest BCUT2D eigenvalue weighted by molar-refractivity contribution is 0.109. The third-order valence-corrected chi connectivity index (χ3v) is 4.75. The van der Waals surface area contributed by atoms with E-state index in [-0.39, 0.29) is 6.10 Å². The van der Waals surface area contributed by atoms with Crippen molar-refractivity contribution in [2.24, 2.45) is 0 Å². The Balaban J connectivity index is 1.59. The topological polar surface area (TPSA) is 91.3 Å². The van der Waals surface area contributed by atoms with Gasteiger partial charge in [0.15, 0.2) is 0 Å². The van der Waals surface area contributed by atoms with Gasteiger partial charge >= 0.3 is 0 Å². The Labute approximate surface area is 169 Å². The quantitative estimate of drug-likeness (QED) is 0.653. The molecular weight excluding hydrogens is 370 g/mol. The second-order valence-corrected chi connectivity index (χ2v) is 6.66. The van der Waals surface area contributed by atoms with Crippen molar-refractivity contribution in [1.29, 1.82) is 0 Å². The Hall–Kier alpha value is -3.26. The zero-order chi connectivity index (χ0) is 20.1. The Kier molecular flexibility index (Phi) is 5.81. The first-order valence-corrected chi connectivity index (χ1v) is 9.47. The summed E-state index contributed by atoms with van der Waals surface area (Å²) in [5.41, 5.74) is 3.42. The molecule has 8 nitrogen and oxygen atoms in total. The van der Waals surface area contributed by atoms with E-state index in [4.69, 9.17) is 19.2 Å². The lowest BCUT2D eigenvalue weighted by Crippen LogP contribution is -2.09. The summed E-state index contributed by atoms with van der Waals surface area (Å²) in [4.78, 5) is 17.8. The van der Waals surface area contributed by atoms with Crippen LogP contribution in [0.3, 0.4) is 0 Å². The van der Waals surface area contributed by atoms with Crippen LogP contribution >= 0.6 is 0 Å². The number of hydrogen-bond acceptors (Lipinski definition) is 8. The molecule has 150 valence electrons. The molecule has 1 unspecified atom stereocenters. The number of benzene rings is 1. The fourth-order valence-electron chi connectivity index (χ4n) is 3.30. The molecule has 1 saturated heterocycles. The van der Waals surface area contributed by atoms with E-state index >= 15 is 0 Å². The van der Waals surface area contributed by atoms with Crippen LogP contribution < -0.4 is 14.8 Å². The van der Waals surface area contributed by atoms with E-state index in [1.165, 1.54) is 0 Å². The summed E-state index contributed by atoms with van der Waals surface area (Å²) < 4.78 is 16.5. The lowest BCUT2D eigenvalue weighted by Gasteiger charge is -2.15. The minimum absolute atomic E-state index is 0.0625. The number of methoxy groups -OCH3 is 2. The minimum atomic E-state index is -0.0625. The number of ether oxygens (including phenoxy) is 3. The van der Waals surface area contributed by atoms with E-state index in [0.29, 0.717) is 12.5 Å². The van der Waals surface area contributed by atoms with Crippen LogP contribution in [-0.2, 0) is 11.3 Å². The molecule has 1 aromatic carbocycles. The van der Waals surface area contributed by atoms with Gasteiger partial charge in [-0.1, -0.05) is 0 Å². The molecule has 1 N–H and O–H groups in total. The summed E-state index contributed by atoms with van der Waals surface area (Å²) >= 11 is 0. The van der Waals surface area contributed by atoms with Gasteiger partial charge in [0.2, 0.25) is 5.95 Å². The van der Waals surface area contributed by atoms with Gasteiger partial charge in [-0.25, -0.2) is 9.97 Å². The monoisotopic (exact) mass is 393 g/mol. The highest BCUT2D eigenvalue weighted by atomic mass is 16.5. The van der Waals surface area contributed by atoms with Crippen LogP contribution in [-0.4, -0.2) is 40.8 Å². The number of anilines is 1. The van der Waals surface area contributed by atoms with Crippen molar-refractivity contribution in [2.75, 3.05) is 26.1 Å². The molecular formula is C21H23N5O3. The van der Waals surface area contributed by atoms with Gasteiger partial charge in [-0.05, 0) is 30.5 Å². The van der Waals surface area contributed by atoms with E-state index in [0.717, 1.165) is 53.5 Å². The molecule has 3 aromatic rings. The smallest absolute Gasteiger partial charge is 0.223 e. The van der Waals surface area contributed by atoms with Crippen LogP contribution in [0.1, 0.15) is 30.2 Å². The fraction of sp³-hybridized carbons (Fsp3) is 0.333. The van der Waals surface area contributed by atoms with Gasteiger partial charge in [-0.15, -0.1) is 0 Å². The fourth-order valence-corrected chi connectivity index (χ4v) is 3.30. The minimum Gasteiger partial charge on any atom is -0.497 e. The van der Waals surface area contributed by atoms with Gasteiger partial charge < -0.3 is 19.5 Å². The molecule has 4 rings (SSSR count). The predicted molar refractivity (Wildman–Crippen MR) is 108 cm³/mol. The van der Waals surface area contributed by atoms with Crippen LogP contribution in [0.15, 0.2) is 43.0 Å². The van der Waals surface area contributed by atoms with Crippen molar-refractivity contribution in [3.8, 4) is 22.8 Å². The molecule has 29 heavy (non-hydrogen) atoms. The maximum Gasteiger partial charge on any atom is 0.223 e. The summed E-state index contributed by atoms with van der Waals surface area (Å²) in [6.45, 7) is 1.27. The molecule has 1 aliphatic heterocycles. The first-order chi connectivity index (χ1) is 14.3. The standard InChI is InChI=1S/C21H23N5O3/c1-27-15-8-14(9-16(10-15)28-2)11-24-21-25-12-17(18-13-22-5-6-23-18)20(26-21)19-4-3-7-29-19/h5-6,8-10,12-13,19H,3-4,7,11H2,1-2H3,(H,24,25,26). The number of aromatic nitrogens is 4. The Morgan fingerprint density at radius 1 is 1.07 bits per heavy atom. The van der Waals surface area contributed by atoms with Gasteiger partial charge in [0.05, 0.1) is 31.8 Å². The second kappa shape index (κ2) is 8.83. The highest BCUT2D eigenvalue weighted by Gasteiger charge is 2.24. The number of rotatable bonds is 7. The van der Waals surface area contributed by atoms with Crippen molar-refractivity contribution in [2.45, 2.75) is 25.5 Å². The van der Waals surface area contributed by atoms with Crippen molar-refractivity contribution in [1.82, 2.24) is 19.9 Å². The van der Waals surface area contributed by atoms with E-state index in [1.807, 2.05) is 18.2 Å². The number of nitrogens with one attached hydrogen (secondary N) is 1. The molecule has 0 radical (unpaired) electrons. The molecule has 2 aromatic heterocycles. The van der Waals surface area contributed by atoms with Crippen molar-refractivity contribution >= 4 is 5.95 Å². The van der Waals surface area contributed by atoms with Crippen molar-refractivity contribution in [3.05, 3.63) is 54.2 Å². The van der Waals surface area contributed by atoms with Crippen molar-refractivity contribution in [3.63, 3.8) is 0 Å². The predicted octanol–water partition coefficient (Wildman–Crippen LogP) is 3.41. The summed E-state index contributed by atoms with van der Waals surface area (Å²) in [6, 6.07) is 5.74. The maximum absolute atomic E-state index is 5.88. The largest absolute Gasteiger partial charge is 0.497 e. The first-order valence-electron chi connectivity index (χ1n) is 9.47. The maximum atomic E-state index is 5.88. The molecule has 1 fully saturated rings. The molecule has 1 atom stereocenters. The molecule has 1 aliphatic rings. The summed E-state index contributed by atoms with van der Waals surface area (Å²) in [7, 11) is 3.27. The number of hydrogen-bond donors (Lipinski definition) is 1. The molecule has 0 saturated carbocycles. The van der Waals surface area contributed by atoms with Crippen molar-refractivity contribution < 1.29 is 14.2 Å². The molecule has 0 aliphatic carbocycles. The van der Waals surface area contributed by atoms with Crippen LogP contribution in [0.5, 0.6) is 11.5 Å². The Morgan fingerprint density at radius 3 is 2.55 bits per heavy atom. The molecule has 8 heteroatoms. The first kappa shape index (κ1) is 19.1. The summed E-state index contributed by atoms with van der Waals surface area (Å²) in [5, 5.41) is 3.28. The van der Waals surface area contributed by atoms with Crippen LogP contribution in [0.4, 0.5) is 5.95 Å². The van der Waals surface area contributed by atoms with Crippen LogP contribution in [0, 0.1) is 0 Å². The van der Waals surface area contributed by atoms with Gasteiger partial charge in [0.25, 0.3) is 0 Å². The second-order valence-electron chi connectivity index (χ2n) is 6.66. The summed E-state index contributed by atoms with van der Waals surface area (Å²) in [6.07, 6.45) is 8.69. The molecule has 0 amide bonds. The Bertz CT molecular complexity index is 940. The Morgan fingerprint density at radius 2 is 1.90 bits per heavy atom. The molecule has 0 spiro atoms. The normalized spacial score (nSPS) is 15.9. The average Bonchev–Trinajstić information content (AvgIpc) is 3.32. The number of nitrogens with zero attached hydrogens (tertiary/aromatic N) is 4. The third-order valence-electron chi connectivity index (χ3n) is 4.75. The van der Waals surface area contributed by atoms with E-state index < -0.39 is 0 Å².